The van der Waals surface area contributed by atoms with E-state index in [4.69, 9.17) is 0 Å². The first-order valence-corrected chi connectivity index (χ1v) is 10.3. The molecule has 1 aromatic carbocycles. The number of halogens is 3. The number of nitrogens with zero attached hydrogens (tertiary/aromatic N) is 3. The van der Waals surface area contributed by atoms with Crippen molar-refractivity contribution >= 4 is 5.78 Å². The van der Waals surface area contributed by atoms with Crippen LogP contribution in [0.4, 0.5) is 13.2 Å². The lowest BCUT2D eigenvalue weighted by Gasteiger charge is -2.12. The molecule has 0 spiro atoms. The van der Waals surface area contributed by atoms with Crippen molar-refractivity contribution in [2.45, 2.75) is 77.4 Å². The van der Waals surface area contributed by atoms with Gasteiger partial charge in [0, 0.05) is 31.7 Å². The Morgan fingerprint density at radius 2 is 1.69 bits per heavy atom. The first-order valence-electron chi connectivity index (χ1n) is 10.3. The van der Waals surface area contributed by atoms with Gasteiger partial charge in [0.1, 0.15) is 17.4 Å². The lowest BCUT2D eigenvalue weighted by molar-refractivity contribution is -0.138. The molecule has 0 saturated heterocycles. The van der Waals surface area contributed by atoms with Gasteiger partial charge in [0.15, 0.2) is 0 Å². The van der Waals surface area contributed by atoms with E-state index in [2.05, 4.69) is 28.6 Å². The van der Waals surface area contributed by atoms with Gasteiger partial charge in [0.2, 0.25) is 0 Å². The molecular formula is C22H28F3N3O. The largest absolute Gasteiger partial charge is 0.416 e. The molecule has 1 heterocycles. The number of aromatic nitrogens is 3. The van der Waals surface area contributed by atoms with Gasteiger partial charge in [-0.05, 0) is 43.2 Å². The van der Waals surface area contributed by atoms with E-state index in [1.165, 1.54) is 12.1 Å². The molecule has 0 unspecified atom stereocenters. The smallest absolute Gasteiger partial charge is 0.312 e. The average Bonchev–Trinajstić information content (AvgIpc) is 3.42. The van der Waals surface area contributed by atoms with E-state index in [1.54, 1.807) is 6.07 Å². The van der Waals surface area contributed by atoms with Gasteiger partial charge in [-0.3, -0.25) is 4.79 Å². The van der Waals surface area contributed by atoms with E-state index >= 15 is 0 Å². The Labute approximate surface area is 169 Å². The Bertz CT molecular complexity index is 838. The van der Waals surface area contributed by atoms with Crippen molar-refractivity contribution in [3.8, 4) is 0 Å². The molecule has 7 heteroatoms. The summed E-state index contributed by atoms with van der Waals surface area (Å²) < 4.78 is 41.4. The number of hydrogen-bond donors (Lipinski definition) is 0. The van der Waals surface area contributed by atoms with Crippen molar-refractivity contribution in [1.29, 1.82) is 0 Å². The van der Waals surface area contributed by atoms with Crippen molar-refractivity contribution in [3.05, 3.63) is 47.0 Å². The fourth-order valence-electron chi connectivity index (χ4n) is 3.54. The lowest BCUT2D eigenvalue weighted by atomic mass is 10.00. The lowest BCUT2D eigenvalue weighted by Crippen LogP contribution is -2.12. The second kappa shape index (κ2) is 9.09. The molecule has 4 nitrogen and oxygen atoms in total. The third-order valence-electron chi connectivity index (χ3n) is 5.32. The minimum absolute atomic E-state index is 0.0453. The van der Waals surface area contributed by atoms with E-state index in [0.717, 1.165) is 43.4 Å². The summed E-state index contributed by atoms with van der Waals surface area (Å²) in [6.45, 7) is 4.35. The Morgan fingerprint density at radius 1 is 1.07 bits per heavy atom. The Morgan fingerprint density at radius 3 is 2.31 bits per heavy atom. The summed E-state index contributed by atoms with van der Waals surface area (Å²) in [5.41, 5.74) is -0.485. The molecule has 3 rings (SSSR count). The first kappa shape index (κ1) is 21.5. The summed E-state index contributed by atoms with van der Waals surface area (Å²) in [4.78, 5) is 12.3. The second-order valence-electron chi connectivity index (χ2n) is 8.26. The van der Waals surface area contributed by atoms with E-state index in [1.807, 2.05) is 0 Å². The van der Waals surface area contributed by atoms with Crippen molar-refractivity contribution in [2.75, 3.05) is 0 Å². The number of alkyl halides is 3. The quantitative estimate of drug-likeness (QED) is 0.533. The highest BCUT2D eigenvalue weighted by atomic mass is 19.4. The molecule has 1 saturated carbocycles. The predicted octanol–water partition coefficient (Wildman–Crippen LogP) is 5.35. The molecule has 1 aromatic heterocycles. The first-order chi connectivity index (χ1) is 13.8. The van der Waals surface area contributed by atoms with Crippen LogP contribution in [0.5, 0.6) is 0 Å². The van der Waals surface area contributed by atoms with Gasteiger partial charge >= 0.3 is 6.18 Å². The predicted molar refractivity (Wildman–Crippen MR) is 105 cm³/mol. The van der Waals surface area contributed by atoms with Crippen LogP contribution in [0.25, 0.3) is 0 Å². The maximum absolute atomic E-state index is 13.1. The molecule has 0 bridgehead atoms. The maximum atomic E-state index is 13.1. The molecule has 0 radical (unpaired) electrons. The van der Waals surface area contributed by atoms with Crippen LogP contribution >= 0.6 is 0 Å². The van der Waals surface area contributed by atoms with Crippen molar-refractivity contribution in [1.82, 2.24) is 14.8 Å². The third kappa shape index (κ3) is 5.90. The normalized spacial score (nSPS) is 14.6. The number of aryl methyl sites for hydroxylation is 3. The van der Waals surface area contributed by atoms with Gasteiger partial charge in [-0.15, -0.1) is 10.2 Å². The number of carbonyl (C=O) groups excluding carboxylic acids is 1. The maximum Gasteiger partial charge on any atom is 0.416 e. The summed E-state index contributed by atoms with van der Waals surface area (Å²) in [7, 11) is 0. The summed E-state index contributed by atoms with van der Waals surface area (Å²) >= 11 is 0. The molecule has 1 aliphatic rings. The topological polar surface area (TPSA) is 47.8 Å². The van der Waals surface area contributed by atoms with E-state index in [0.29, 0.717) is 18.4 Å². The highest BCUT2D eigenvalue weighted by Crippen LogP contribution is 2.37. The fraction of sp³-hybridized carbons (Fsp3) is 0.591. The number of Topliss-reactive ketones (excluding diaryl/α,β-unsaturated/α-hetero) is 1. The molecule has 29 heavy (non-hydrogen) atoms. The third-order valence-corrected chi connectivity index (χ3v) is 5.32. The summed E-state index contributed by atoms with van der Waals surface area (Å²) in [5, 5.41) is 8.64. The summed E-state index contributed by atoms with van der Waals surface area (Å²) in [6.07, 6.45) is 0.727. The van der Waals surface area contributed by atoms with Gasteiger partial charge < -0.3 is 4.57 Å². The van der Waals surface area contributed by atoms with Crippen LogP contribution in [-0.4, -0.2) is 20.5 Å². The van der Waals surface area contributed by atoms with Crippen LogP contribution in [0, 0.1) is 5.92 Å². The zero-order valence-electron chi connectivity index (χ0n) is 17.0. The SMILES string of the molecule is CC(C)CCc1nnc(CCC(=O)CCc2ccccc2C(F)(F)F)n1C1CC1. The minimum atomic E-state index is -4.40. The molecule has 158 valence electrons. The molecule has 2 aromatic rings. The van der Waals surface area contributed by atoms with Gasteiger partial charge in [-0.1, -0.05) is 32.0 Å². The number of ketones is 1. The van der Waals surface area contributed by atoms with Crippen LogP contribution in [0.1, 0.15) is 74.8 Å². The monoisotopic (exact) mass is 407 g/mol. The number of carbonyl (C=O) groups is 1. The molecule has 0 amide bonds. The second-order valence-corrected chi connectivity index (χ2v) is 8.26. The number of rotatable bonds is 10. The van der Waals surface area contributed by atoms with Gasteiger partial charge in [-0.2, -0.15) is 13.2 Å². The van der Waals surface area contributed by atoms with E-state index in [9.17, 15) is 18.0 Å². The van der Waals surface area contributed by atoms with Gasteiger partial charge in [0.05, 0.1) is 5.56 Å². The zero-order chi connectivity index (χ0) is 21.0. The Kier molecular flexibility index (Phi) is 6.75. The van der Waals surface area contributed by atoms with Crippen molar-refractivity contribution in [3.63, 3.8) is 0 Å². The van der Waals surface area contributed by atoms with E-state index < -0.39 is 11.7 Å². The highest BCUT2D eigenvalue weighted by Gasteiger charge is 2.33. The Hall–Kier alpha value is -2.18. The molecule has 0 atom stereocenters. The fourth-order valence-corrected chi connectivity index (χ4v) is 3.54. The number of hydrogen-bond acceptors (Lipinski definition) is 3. The standard InChI is InChI=1S/C22H28F3N3O/c1-15(2)7-13-20-26-27-21(28(20)17-9-10-17)14-12-18(29)11-8-16-5-3-4-6-19(16)22(23,24)25/h3-6,15,17H,7-14H2,1-2H3. The van der Waals surface area contributed by atoms with Crippen LogP contribution < -0.4 is 0 Å². The molecule has 1 fully saturated rings. The van der Waals surface area contributed by atoms with Crippen LogP contribution in [-0.2, 0) is 30.2 Å². The Balaban J connectivity index is 1.57. The van der Waals surface area contributed by atoms with Crippen molar-refractivity contribution in [2.24, 2.45) is 5.92 Å². The van der Waals surface area contributed by atoms with Crippen LogP contribution in [0.2, 0.25) is 0 Å². The average molecular weight is 407 g/mol. The molecule has 0 N–H and O–H groups in total. The summed E-state index contributed by atoms with van der Waals surface area (Å²) in [5.74, 6) is 2.36. The minimum Gasteiger partial charge on any atom is -0.312 e. The molecular weight excluding hydrogens is 379 g/mol. The molecule has 0 aliphatic heterocycles. The number of benzene rings is 1. The van der Waals surface area contributed by atoms with Gasteiger partial charge in [-0.25, -0.2) is 0 Å². The molecule has 1 aliphatic carbocycles. The van der Waals surface area contributed by atoms with E-state index in [-0.39, 0.29) is 30.6 Å². The highest BCUT2D eigenvalue weighted by molar-refractivity contribution is 5.78. The zero-order valence-corrected chi connectivity index (χ0v) is 17.0. The summed E-state index contributed by atoms with van der Waals surface area (Å²) in [6, 6.07) is 5.90. The van der Waals surface area contributed by atoms with Crippen LogP contribution in [0.3, 0.4) is 0 Å². The van der Waals surface area contributed by atoms with Crippen molar-refractivity contribution < 1.29 is 18.0 Å². The van der Waals surface area contributed by atoms with Gasteiger partial charge in [0.25, 0.3) is 0 Å². The van der Waals surface area contributed by atoms with Crippen LogP contribution in [0.15, 0.2) is 24.3 Å².